The fourth-order valence-corrected chi connectivity index (χ4v) is 4.34. The summed E-state index contributed by atoms with van der Waals surface area (Å²) >= 11 is 6.13. The first kappa shape index (κ1) is 21.0. The Morgan fingerprint density at radius 2 is 1.44 bits per heavy atom. The molecule has 0 aliphatic heterocycles. The summed E-state index contributed by atoms with van der Waals surface area (Å²) in [5, 5.41) is 0.317. The summed E-state index contributed by atoms with van der Waals surface area (Å²) < 4.78 is 48.7. The Morgan fingerprint density at radius 1 is 0.852 bits per heavy atom. The van der Waals surface area contributed by atoms with Gasteiger partial charge in [0, 0.05) is 24.7 Å². The summed E-state index contributed by atoms with van der Waals surface area (Å²) in [6, 6.07) is 7.46. The van der Waals surface area contributed by atoms with Gasteiger partial charge in [-0.15, -0.1) is 0 Å². The zero-order chi connectivity index (χ0) is 20.2. The molecule has 0 aromatic heterocycles. The maximum absolute atomic E-state index is 13.3. The van der Waals surface area contributed by atoms with Crippen molar-refractivity contribution in [3.05, 3.63) is 35.4 Å². The van der Waals surface area contributed by atoms with Crippen molar-refractivity contribution in [1.82, 2.24) is 0 Å². The maximum atomic E-state index is 13.3. The average Bonchev–Trinajstić information content (AvgIpc) is 2.68. The van der Waals surface area contributed by atoms with Crippen LogP contribution in [-0.2, 0) is 10.0 Å². The highest BCUT2D eigenvalue weighted by molar-refractivity contribution is 7.92. The largest absolute Gasteiger partial charge is 0.495 e. The first-order valence-electron chi connectivity index (χ1n) is 8.00. The van der Waals surface area contributed by atoms with Crippen LogP contribution in [0.1, 0.15) is 6.92 Å². The topological polar surface area (TPSA) is 74.3 Å². The van der Waals surface area contributed by atoms with Crippen molar-refractivity contribution < 1.29 is 27.4 Å². The molecule has 0 atom stereocenters. The van der Waals surface area contributed by atoms with E-state index < -0.39 is 10.0 Å². The third-order valence-electron chi connectivity index (χ3n) is 3.95. The minimum atomic E-state index is -3.91. The summed E-state index contributed by atoms with van der Waals surface area (Å²) in [6.45, 7) is 1.89. The minimum absolute atomic E-state index is 0.0537. The van der Waals surface area contributed by atoms with Crippen molar-refractivity contribution in [2.24, 2.45) is 0 Å². The molecule has 0 N–H and O–H groups in total. The number of ether oxygens (including phenoxy) is 4. The number of benzene rings is 2. The van der Waals surface area contributed by atoms with Crippen LogP contribution in [0, 0.1) is 0 Å². The molecule has 148 valence electrons. The summed E-state index contributed by atoms with van der Waals surface area (Å²) in [4.78, 5) is 0.0537. The Labute approximate surface area is 164 Å². The predicted molar refractivity (Wildman–Crippen MR) is 104 cm³/mol. The number of rotatable bonds is 8. The lowest BCUT2D eigenvalue weighted by Crippen LogP contribution is -2.31. The van der Waals surface area contributed by atoms with Crippen molar-refractivity contribution in [1.29, 1.82) is 0 Å². The van der Waals surface area contributed by atoms with Crippen molar-refractivity contribution >= 4 is 27.3 Å². The van der Waals surface area contributed by atoms with E-state index in [1.165, 1.54) is 57.0 Å². The fourth-order valence-electron chi connectivity index (χ4n) is 2.61. The molecule has 0 aliphatic rings. The zero-order valence-corrected chi connectivity index (χ0v) is 17.3. The molecule has 0 amide bonds. The van der Waals surface area contributed by atoms with Gasteiger partial charge in [-0.25, -0.2) is 8.42 Å². The van der Waals surface area contributed by atoms with Gasteiger partial charge in [-0.1, -0.05) is 11.6 Å². The van der Waals surface area contributed by atoms with Crippen LogP contribution in [0.3, 0.4) is 0 Å². The van der Waals surface area contributed by atoms with Gasteiger partial charge >= 0.3 is 0 Å². The molecule has 2 aromatic rings. The van der Waals surface area contributed by atoms with Gasteiger partial charge in [0.2, 0.25) is 0 Å². The van der Waals surface area contributed by atoms with Crippen LogP contribution in [-0.4, -0.2) is 43.4 Å². The number of nitrogens with zero attached hydrogens (tertiary/aromatic N) is 1. The molecule has 0 fully saturated rings. The Balaban J connectivity index is 2.63. The molecular weight excluding hydrogens is 394 g/mol. The second-order valence-electron chi connectivity index (χ2n) is 5.35. The first-order valence-corrected chi connectivity index (χ1v) is 9.82. The van der Waals surface area contributed by atoms with E-state index in [1.807, 2.05) is 0 Å². The van der Waals surface area contributed by atoms with E-state index in [1.54, 1.807) is 13.0 Å². The predicted octanol–water partition coefficient (Wildman–Crippen LogP) is 3.59. The van der Waals surface area contributed by atoms with Crippen LogP contribution in [0.2, 0.25) is 5.02 Å². The second-order valence-corrected chi connectivity index (χ2v) is 7.61. The molecule has 0 radical (unpaired) electrons. The number of hydrogen-bond donors (Lipinski definition) is 0. The molecular formula is C18H22ClNO6S. The van der Waals surface area contributed by atoms with Crippen molar-refractivity contribution in [2.45, 2.75) is 11.8 Å². The lowest BCUT2D eigenvalue weighted by Gasteiger charge is -2.25. The highest BCUT2D eigenvalue weighted by Crippen LogP contribution is 2.40. The highest BCUT2D eigenvalue weighted by atomic mass is 35.5. The van der Waals surface area contributed by atoms with Gasteiger partial charge in [0.05, 0.1) is 44.0 Å². The molecule has 7 nitrogen and oxygen atoms in total. The molecule has 0 heterocycles. The maximum Gasteiger partial charge on any atom is 0.264 e. The summed E-state index contributed by atoms with van der Waals surface area (Å²) in [5.41, 5.74) is 0.316. The van der Waals surface area contributed by atoms with E-state index in [4.69, 9.17) is 30.5 Å². The molecule has 27 heavy (non-hydrogen) atoms. The van der Waals surface area contributed by atoms with Crippen LogP contribution >= 0.6 is 11.6 Å². The monoisotopic (exact) mass is 415 g/mol. The van der Waals surface area contributed by atoms with E-state index in [9.17, 15) is 8.42 Å². The Kier molecular flexibility index (Phi) is 6.67. The highest BCUT2D eigenvalue weighted by Gasteiger charge is 2.28. The fraction of sp³-hybridized carbons (Fsp3) is 0.333. The van der Waals surface area contributed by atoms with Gasteiger partial charge in [0.25, 0.3) is 10.0 Å². The molecule has 0 bridgehead atoms. The van der Waals surface area contributed by atoms with Gasteiger partial charge in [-0.05, 0) is 19.1 Å². The zero-order valence-electron chi connectivity index (χ0n) is 15.8. The van der Waals surface area contributed by atoms with Crippen molar-refractivity contribution in [2.75, 3.05) is 39.3 Å². The Morgan fingerprint density at radius 3 is 1.96 bits per heavy atom. The molecule has 9 heteroatoms. The number of anilines is 1. The molecule has 0 saturated carbocycles. The second kappa shape index (κ2) is 8.58. The van der Waals surface area contributed by atoms with Gasteiger partial charge < -0.3 is 18.9 Å². The SMILES string of the molecule is CCN(c1cc(OC)c(Cl)cc1OC)S(=O)(=O)c1ccc(OC)c(OC)c1. The van der Waals surface area contributed by atoms with E-state index in [2.05, 4.69) is 0 Å². The summed E-state index contributed by atoms with van der Waals surface area (Å²) in [6.07, 6.45) is 0. The molecule has 0 saturated heterocycles. The smallest absolute Gasteiger partial charge is 0.264 e. The molecule has 2 rings (SSSR count). The third-order valence-corrected chi connectivity index (χ3v) is 6.13. The van der Waals surface area contributed by atoms with Crippen LogP contribution in [0.5, 0.6) is 23.0 Å². The first-order chi connectivity index (χ1) is 12.8. The average molecular weight is 416 g/mol. The minimum Gasteiger partial charge on any atom is -0.495 e. The van der Waals surface area contributed by atoms with Crippen LogP contribution in [0.15, 0.2) is 35.2 Å². The Bertz CT molecular complexity index is 916. The number of halogens is 1. The van der Waals surface area contributed by atoms with Crippen molar-refractivity contribution in [3.8, 4) is 23.0 Å². The standard InChI is InChI=1S/C18H22ClNO6S/c1-6-20(14-11-16(24-3)13(19)10-17(14)25-4)27(21,22)12-7-8-15(23-2)18(9-12)26-5/h7-11H,6H2,1-5H3. The summed E-state index contributed by atoms with van der Waals surface area (Å²) in [5.74, 6) is 1.40. The lowest BCUT2D eigenvalue weighted by atomic mass is 10.2. The van der Waals surface area contributed by atoms with Gasteiger partial charge in [-0.2, -0.15) is 0 Å². The lowest BCUT2D eigenvalue weighted by molar-refractivity contribution is 0.354. The van der Waals surface area contributed by atoms with Gasteiger partial charge in [-0.3, -0.25) is 4.31 Å². The molecule has 0 unspecified atom stereocenters. The molecule has 0 aliphatic carbocycles. The van der Waals surface area contributed by atoms with Gasteiger partial charge in [0.15, 0.2) is 11.5 Å². The normalized spacial score (nSPS) is 11.0. The number of methoxy groups -OCH3 is 4. The van der Waals surface area contributed by atoms with Crippen molar-refractivity contribution in [3.63, 3.8) is 0 Å². The van der Waals surface area contributed by atoms with Crippen LogP contribution < -0.4 is 23.3 Å². The third kappa shape index (κ3) is 4.01. The summed E-state index contributed by atoms with van der Waals surface area (Å²) in [7, 11) is 1.91. The molecule has 0 spiro atoms. The number of sulfonamides is 1. The Hall–Kier alpha value is -2.32. The van der Waals surface area contributed by atoms with E-state index >= 15 is 0 Å². The van der Waals surface area contributed by atoms with E-state index in [-0.39, 0.29) is 11.4 Å². The number of hydrogen-bond acceptors (Lipinski definition) is 6. The quantitative estimate of drug-likeness (QED) is 0.656. The van der Waals surface area contributed by atoms with Gasteiger partial charge in [0.1, 0.15) is 11.5 Å². The van der Waals surface area contributed by atoms with Crippen LogP contribution in [0.25, 0.3) is 0 Å². The molecule has 2 aromatic carbocycles. The van der Waals surface area contributed by atoms with E-state index in [0.29, 0.717) is 33.7 Å². The van der Waals surface area contributed by atoms with E-state index in [0.717, 1.165) is 0 Å². The van der Waals surface area contributed by atoms with Crippen LogP contribution in [0.4, 0.5) is 5.69 Å².